The molecule has 19 heavy (non-hydrogen) atoms. The number of carboxylic acids is 1. The normalized spacial score (nSPS) is 28.2. The van der Waals surface area contributed by atoms with E-state index in [4.69, 9.17) is 0 Å². The van der Waals surface area contributed by atoms with Crippen molar-refractivity contribution in [2.75, 3.05) is 0 Å². The molecule has 0 aromatic carbocycles. The number of hydrogen-bond donors (Lipinski definition) is 1. The van der Waals surface area contributed by atoms with Crippen molar-refractivity contribution in [2.45, 2.75) is 75.8 Å². The topological polar surface area (TPSA) is 57.6 Å². The average Bonchev–Trinajstić information content (AvgIpc) is 3.14. The Hall–Kier alpha value is -1.06. The predicted molar refractivity (Wildman–Crippen MR) is 70.7 cm³/mol. The number of nitrogens with zero attached hydrogens (tertiary/aromatic N) is 1. The van der Waals surface area contributed by atoms with Crippen molar-refractivity contribution in [2.24, 2.45) is 5.41 Å². The summed E-state index contributed by atoms with van der Waals surface area (Å²) in [6.07, 6.45) is 11.1. The molecule has 0 unspecified atom stereocenters. The molecule has 0 heterocycles. The van der Waals surface area contributed by atoms with E-state index in [1.165, 1.54) is 25.7 Å². The number of amides is 1. The largest absolute Gasteiger partial charge is 0.479 e. The molecule has 0 bridgehead atoms. The first-order valence-electron chi connectivity index (χ1n) is 7.59. The van der Waals surface area contributed by atoms with Gasteiger partial charge in [-0.15, -0.1) is 0 Å². The lowest BCUT2D eigenvalue weighted by Gasteiger charge is -2.47. The van der Waals surface area contributed by atoms with Gasteiger partial charge in [-0.25, -0.2) is 4.79 Å². The Labute approximate surface area is 114 Å². The first-order chi connectivity index (χ1) is 9.12. The highest BCUT2D eigenvalue weighted by Crippen LogP contribution is 2.53. The van der Waals surface area contributed by atoms with Crippen LogP contribution in [0.3, 0.4) is 0 Å². The maximum atomic E-state index is 11.8. The molecule has 0 radical (unpaired) electrons. The minimum atomic E-state index is -0.906. The Bertz CT molecular complexity index is 373. The SMILES string of the molecule is O=CN(C1CC1)C1(C(=O)O)CCC2(CCCC2)CC1. The van der Waals surface area contributed by atoms with Crippen molar-refractivity contribution in [3.05, 3.63) is 0 Å². The molecule has 4 heteroatoms. The molecule has 3 aliphatic carbocycles. The van der Waals surface area contributed by atoms with Crippen molar-refractivity contribution in [1.82, 2.24) is 4.90 Å². The van der Waals surface area contributed by atoms with E-state index in [9.17, 15) is 14.7 Å². The first-order valence-corrected chi connectivity index (χ1v) is 7.59. The molecule has 3 rings (SSSR count). The lowest BCUT2D eigenvalue weighted by molar-refractivity contribution is -0.160. The van der Waals surface area contributed by atoms with Gasteiger partial charge in [0.1, 0.15) is 5.54 Å². The molecule has 0 aromatic rings. The summed E-state index contributed by atoms with van der Waals surface area (Å²) < 4.78 is 0. The van der Waals surface area contributed by atoms with Crippen LogP contribution >= 0.6 is 0 Å². The van der Waals surface area contributed by atoms with Gasteiger partial charge in [0, 0.05) is 6.04 Å². The number of hydrogen-bond acceptors (Lipinski definition) is 2. The van der Waals surface area contributed by atoms with E-state index in [1.807, 2.05) is 0 Å². The van der Waals surface area contributed by atoms with E-state index in [1.54, 1.807) is 4.90 Å². The monoisotopic (exact) mass is 265 g/mol. The van der Waals surface area contributed by atoms with E-state index in [0.29, 0.717) is 18.3 Å². The van der Waals surface area contributed by atoms with Gasteiger partial charge in [0.2, 0.25) is 6.41 Å². The van der Waals surface area contributed by atoms with Crippen molar-refractivity contribution in [3.63, 3.8) is 0 Å². The highest BCUT2D eigenvalue weighted by Gasteiger charge is 2.54. The molecule has 3 fully saturated rings. The fourth-order valence-corrected chi connectivity index (χ4v) is 4.29. The van der Waals surface area contributed by atoms with Gasteiger partial charge in [0.15, 0.2) is 0 Å². The quantitative estimate of drug-likeness (QED) is 0.795. The smallest absolute Gasteiger partial charge is 0.329 e. The molecule has 1 amide bonds. The summed E-state index contributed by atoms with van der Waals surface area (Å²) in [5, 5.41) is 9.70. The summed E-state index contributed by atoms with van der Waals surface area (Å²) in [5.41, 5.74) is -0.506. The van der Waals surface area contributed by atoms with Gasteiger partial charge < -0.3 is 10.0 Å². The Morgan fingerprint density at radius 2 is 1.63 bits per heavy atom. The third-order valence-electron chi connectivity index (χ3n) is 5.75. The van der Waals surface area contributed by atoms with Crippen LogP contribution in [-0.2, 0) is 9.59 Å². The second kappa shape index (κ2) is 4.50. The summed E-state index contributed by atoms with van der Waals surface area (Å²) in [7, 11) is 0. The van der Waals surface area contributed by atoms with Gasteiger partial charge in [-0.2, -0.15) is 0 Å². The zero-order valence-corrected chi connectivity index (χ0v) is 11.4. The van der Waals surface area contributed by atoms with E-state index in [-0.39, 0.29) is 6.04 Å². The molecule has 3 aliphatic rings. The number of aliphatic carboxylic acids is 1. The van der Waals surface area contributed by atoms with Crippen LogP contribution in [0, 0.1) is 5.41 Å². The maximum Gasteiger partial charge on any atom is 0.329 e. The fraction of sp³-hybridized carbons (Fsp3) is 0.867. The van der Waals surface area contributed by atoms with Crippen LogP contribution in [-0.4, -0.2) is 34.0 Å². The summed E-state index contributed by atoms with van der Waals surface area (Å²) in [5.74, 6) is -0.792. The van der Waals surface area contributed by atoms with Gasteiger partial charge in [-0.1, -0.05) is 12.8 Å². The van der Waals surface area contributed by atoms with E-state index >= 15 is 0 Å². The molecule has 106 valence electrons. The Balaban J connectivity index is 1.79. The van der Waals surface area contributed by atoms with Gasteiger partial charge in [0.05, 0.1) is 0 Å². The third kappa shape index (κ3) is 2.05. The molecular formula is C15H23NO3. The Morgan fingerprint density at radius 1 is 1.05 bits per heavy atom. The predicted octanol–water partition coefficient (Wildman–Crippen LogP) is 2.57. The van der Waals surface area contributed by atoms with Crippen LogP contribution in [0.15, 0.2) is 0 Å². The molecule has 0 aliphatic heterocycles. The van der Waals surface area contributed by atoms with Crippen molar-refractivity contribution in [3.8, 4) is 0 Å². The van der Waals surface area contributed by atoms with Crippen LogP contribution in [0.1, 0.15) is 64.2 Å². The standard InChI is InChI=1S/C15H23NO3/c17-11-16(12-3-4-12)15(13(18)19)9-7-14(8-10-15)5-1-2-6-14/h11-12H,1-10H2,(H,18,19). The number of carbonyl (C=O) groups excluding carboxylic acids is 1. The van der Waals surface area contributed by atoms with Crippen LogP contribution < -0.4 is 0 Å². The van der Waals surface area contributed by atoms with Crippen LogP contribution in [0.5, 0.6) is 0 Å². The zero-order chi connectivity index (χ0) is 13.5. The molecule has 0 aromatic heterocycles. The van der Waals surface area contributed by atoms with E-state index in [2.05, 4.69) is 0 Å². The number of carboxylic acid groups (broad SMARTS) is 1. The molecule has 0 atom stereocenters. The van der Waals surface area contributed by atoms with Crippen molar-refractivity contribution < 1.29 is 14.7 Å². The second-order valence-electron chi connectivity index (χ2n) is 6.79. The summed E-state index contributed by atoms with van der Waals surface area (Å²) in [6, 6.07) is 0.186. The lowest BCUT2D eigenvalue weighted by atomic mass is 9.66. The first kappa shape index (κ1) is 12.9. The molecule has 4 nitrogen and oxygen atoms in total. The highest BCUT2D eigenvalue weighted by atomic mass is 16.4. The van der Waals surface area contributed by atoms with Crippen LogP contribution in [0.2, 0.25) is 0 Å². The summed E-state index contributed by atoms with van der Waals surface area (Å²) in [4.78, 5) is 24.8. The molecular weight excluding hydrogens is 242 g/mol. The minimum absolute atomic E-state index is 0.186. The fourth-order valence-electron chi connectivity index (χ4n) is 4.29. The van der Waals surface area contributed by atoms with E-state index < -0.39 is 11.5 Å². The third-order valence-corrected chi connectivity index (χ3v) is 5.75. The minimum Gasteiger partial charge on any atom is -0.479 e. The molecule has 0 saturated heterocycles. The van der Waals surface area contributed by atoms with Crippen molar-refractivity contribution >= 4 is 12.4 Å². The number of rotatable bonds is 4. The van der Waals surface area contributed by atoms with Gasteiger partial charge >= 0.3 is 5.97 Å². The van der Waals surface area contributed by atoms with Crippen molar-refractivity contribution in [1.29, 1.82) is 0 Å². The Kier molecular flexibility index (Phi) is 3.06. The van der Waals surface area contributed by atoms with Gasteiger partial charge in [-0.3, -0.25) is 4.79 Å². The molecule has 3 saturated carbocycles. The summed E-state index contributed by atoms with van der Waals surface area (Å²) >= 11 is 0. The second-order valence-corrected chi connectivity index (χ2v) is 6.79. The Morgan fingerprint density at radius 3 is 2.05 bits per heavy atom. The maximum absolute atomic E-state index is 11.8. The van der Waals surface area contributed by atoms with Gasteiger partial charge in [-0.05, 0) is 56.8 Å². The average molecular weight is 265 g/mol. The summed E-state index contributed by atoms with van der Waals surface area (Å²) in [6.45, 7) is 0. The lowest BCUT2D eigenvalue weighted by Crippen LogP contribution is -2.58. The molecule has 1 N–H and O–H groups in total. The molecule has 1 spiro atoms. The van der Waals surface area contributed by atoms with Crippen LogP contribution in [0.4, 0.5) is 0 Å². The van der Waals surface area contributed by atoms with E-state index in [0.717, 1.165) is 32.1 Å². The number of carbonyl (C=O) groups is 2. The van der Waals surface area contributed by atoms with Crippen LogP contribution in [0.25, 0.3) is 0 Å². The van der Waals surface area contributed by atoms with Gasteiger partial charge in [0.25, 0.3) is 0 Å². The zero-order valence-electron chi connectivity index (χ0n) is 11.4. The highest BCUT2D eigenvalue weighted by molar-refractivity contribution is 5.82.